The van der Waals surface area contributed by atoms with Gasteiger partial charge in [0.05, 0.1) is 0 Å². The van der Waals surface area contributed by atoms with Crippen LogP contribution in [0, 0.1) is 11.7 Å². The number of anilines is 1. The first-order valence-electron chi connectivity index (χ1n) is 12.2. The fourth-order valence-electron chi connectivity index (χ4n) is 4.12. The van der Waals surface area contributed by atoms with Crippen LogP contribution in [-0.2, 0) is 16.6 Å². The molecule has 5 rings (SSSR count). The molecule has 2 aliphatic carbocycles. The Morgan fingerprint density at radius 1 is 1.14 bits per heavy atom. The van der Waals surface area contributed by atoms with E-state index < -0.39 is 0 Å². The Bertz CT molecular complexity index is 1290. The van der Waals surface area contributed by atoms with Crippen molar-refractivity contribution in [3.8, 4) is 11.1 Å². The molecular formula is C27H29FN4O3. The van der Waals surface area contributed by atoms with Crippen LogP contribution < -0.4 is 5.32 Å². The number of nitrogens with one attached hydrogen (secondary N) is 1. The Hall–Kier alpha value is -3.42. The topological polar surface area (TPSA) is 98.0 Å². The number of rotatable bonds is 8. The van der Waals surface area contributed by atoms with Crippen molar-refractivity contribution in [1.29, 1.82) is 0 Å². The van der Waals surface area contributed by atoms with Crippen molar-refractivity contribution in [2.75, 3.05) is 5.32 Å². The molecule has 0 radical (unpaired) electrons. The van der Waals surface area contributed by atoms with Crippen molar-refractivity contribution in [1.82, 2.24) is 15.1 Å². The highest BCUT2D eigenvalue weighted by Gasteiger charge is 2.32. The van der Waals surface area contributed by atoms with Gasteiger partial charge in [-0.15, -0.1) is 0 Å². The van der Waals surface area contributed by atoms with Gasteiger partial charge in [-0.25, -0.2) is 9.37 Å². The summed E-state index contributed by atoms with van der Waals surface area (Å²) in [6, 6.07) is 7.10. The maximum atomic E-state index is 15.8. The smallest absolute Gasteiger partial charge is 0.294 e. The lowest BCUT2D eigenvalue weighted by molar-refractivity contribution is -0.117. The molecule has 2 fully saturated rings. The zero-order chi connectivity index (χ0) is 24.7. The minimum atomic E-state index is -0.312. The Morgan fingerprint density at radius 3 is 2.57 bits per heavy atom. The monoisotopic (exact) mass is 476 g/mol. The number of hydrogen-bond acceptors (Lipinski definition) is 6. The molecule has 35 heavy (non-hydrogen) atoms. The van der Waals surface area contributed by atoms with Gasteiger partial charge in [0.1, 0.15) is 11.6 Å². The number of aromatic nitrogens is 3. The molecule has 1 aromatic carbocycles. The van der Waals surface area contributed by atoms with Gasteiger partial charge in [0.2, 0.25) is 11.7 Å². The number of carbonyl (C=O) groups is 2. The van der Waals surface area contributed by atoms with Gasteiger partial charge >= 0.3 is 0 Å². The standard InChI is InChI=1S/C27H29FN4O3/c1-27(2,3)26-31-25(35-32-26)20(33)11-9-16-8-10-19(23(28)22(16)15-4-5-15)18-12-13-29-21(14-18)30-24(34)17-6-7-17/h8,10,12-15,17H,4-7,9,11H2,1-3H3,(H,29,30,34). The molecule has 2 saturated carbocycles. The van der Waals surface area contributed by atoms with Crippen molar-refractivity contribution in [3.63, 3.8) is 0 Å². The molecule has 0 unspecified atom stereocenters. The summed E-state index contributed by atoms with van der Waals surface area (Å²) >= 11 is 0. The predicted molar refractivity (Wildman–Crippen MR) is 129 cm³/mol. The Kier molecular flexibility index (Phi) is 5.99. The third-order valence-corrected chi connectivity index (χ3v) is 6.48. The molecule has 1 N–H and O–H groups in total. The van der Waals surface area contributed by atoms with E-state index >= 15 is 4.39 Å². The molecule has 2 heterocycles. The highest BCUT2D eigenvalue weighted by molar-refractivity contribution is 5.93. The molecule has 0 bridgehead atoms. The van der Waals surface area contributed by atoms with E-state index in [4.69, 9.17) is 4.52 Å². The van der Waals surface area contributed by atoms with Gasteiger partial charge in [-0.2, -0.15) is 4.98 Å². The molecule has 3 aromatic rings. The van der Waals surface area contributed by atoms with Crippen molar-refractivity contribution in [2.45, 2.75) is 70.6 Å². The summed E-state index contributed by atoms with van der Waals surface area (Å²) in [7, 11) is 0. The number of nitrogens with zero attached hydrogens (tertiary/aromatic N) is 3. The molecule has 2 aromatic heterocycles. The number of aryl methyl sites for hydroxylation is 1. The second kappa shape index (κ2) is 8.98. The van der Waals surface area contributed by atoms with Crippen LogP contribution in [0.15, 0.2) is 35.0 Å². The van der Waals surface area contributed by atoms with E-state index in [9.17, 15) is 9.59 Å². The van der Waals surface area contributed by atoms with Crippen LogP contribution in [0.5, 0.6) is 0 Å². The normalized spacial score (nSPS) is 15.8. The minimum absolute atomic E-state index is 0.00227. The third-order valence-electron chi connectivity index (χ3n) is 6.48. The largest absolute Gasteiger partial charge is 0.331 e. The van der Waals surface area contributed by atoms with Crippen molar-refractivity contribution in [2.24, 2.45) is 5.92 Å². The van der Waals surface area contributed by atoms with Crippen LogP contribution >= 0.6 is 0 Å². The molecule has 2 aliphatic rings. The molecule has 8 heteroatoms. The maximum Gasteiger partial charge on any atom is 0.294 e. The van der Waals surface area contributed by atoms with Crippen LogP contribution in [0.4, 0.5) is 10.2 Å². The average molecular weight is 477 g/mol. The van der Waals surface area contributed by atoms with Gasteiger partial charge in [0, 0.05) is 29.5 Å². The Morgan fingerprint density at radius 2 is 1.91 bits per heavy atom. The fourth-order valence-corrected chi connectivity index (χ4v) is 4.12. The first-order valence-corrected chi connectivity index (χ1v) is 12.2. The van der Waals surface area contributed by atoms with Gasteiger partial charge in [-0.05, 0) is 66.8 Å². The first-order chi connectivity index (χ1) is 16.7. The molecular weight excluding hydrogens is 447 g/mol. The number of Topliss-reactive ketones (excluding diaryl/α,β-unsaturated/α-hetero) is 1. The Balaban J connectivity index is 1.35. The molecule has 0 aliphatic heterocycles. The first kappa shape index (κ1) is 23.3. The number of benzene rings is 1. The predicted octanol–water partition coefficient (Wildman–Crippen LogP) is 5.61. The lowest BCUT2D eigenvalue weighted by atomic mass is 9.93. The van der Waals surface area contributed by atoms with Crippen LogP contribution in [0.2, 0.25) is 0 Å². The summed E-state index contributed by atoms with van der Waals surface area (Å²) < 4.78 is 21.0. The van der Waals surface area contributed by atoms with Gasteiger partial charge in [-0.3, -0.25) is 9.59 Å². The second-order valence-corrected chi connectivity index (χ2v) is 10.6. The van der Waals surface area contributed by atoms with Crippen molar-refractivity contribution in [3.05, 3.63) is 59.1 Å². The summed E-state index contributed by atoms with van der Waals surface area (Å²) in [4.78, 5) is 33.2. The SMILES string of the molecule is CC(C)(C)c1noc(C(=O)CCc2ccc(-c3ccnc(NC(=O)C4CC4)c3)c(F)c2C2CC2)n1. The molecule has 0 spiro atoms. The number of halogens is 1. The third kappa shape index (κ3) is 5.16. The Labute approximate surface area is 203 Å². The number of pyridine rings is 1. The minimum Gasteiger partial charge on any atom is -0.331 e. The van der Waals surface area contributed by atoms with E-state index in [-0.39, 0.29) is 47.1 Å². The van der Waals surface area contributed by atoms with Crippen LogP contribution in [0.25, 0.3) is 11.1 Å². The van der Waals surface area contributed by atoms with Gasteiger partial charge in [0.25, 0.3) is 5.89 Å². The van der Waals surface area contributed by atoms with Gasteiger partial charge in [0.15, 0.2) is 5.82 Å². The number of carbonyl (C=O) groups excluding carboxylic acids is 2. The van der Waals surface area contributed by atoms with E-state index in [1.165, 1.54) is 0 Å². The summed E-state index contributed by atoms with van der Waals surface area (Å²) in [5, 5.41) is 6.74. The van der Waals surface area contributed by atoms with E-state index in [0.717, 1.165) is 31.2 Å². The van der Waals surface area contributed by atoms with Gasteiger partial charge in [-0.1, -0.05) is 38.1 Å². The lowest BCUT2D eigenvalue weighted by Gasteiger charge is -2.14. The lowest BCUT2D eigenvalue weighted by Crippen LogP contribution is -2.14. The van der Waals surface area contributed by atoms with Crippen LogP contribution in [-0.4, -0.2) is 26.8 Å². The zero-order valence-corrected chi connectivity index (χ0v) is 20.2. The summed E-state index contributed by atoms with van der Waals surface area (Å²) in [6.45, 7) is 5.85. The summed E-state index contributed by atoms with van der Waals surface area (Å²) in [5.74, 6) is 0.581. The highest BCUT2D eigenvalue weighted by atomic mass is 19.1. The molecule has 0 saturated heterocycles. The zero-order valence-electron chi connectivity index (χ0n) is 20.2. The summed E-state index contributed by atoms with van der Waals surface area (Å²) in [5.41, 5.74) is 2.32. The molecule has 182 valence electrons. The second-order valence-electron chi connectivity index (χ2n) is 10.6. The fraction of sp³-hybridized carbons (Fsp3) is 0.444. The van der Waals surface area contributed by atoms with E-state index in [2.05, 4.69) is 20.4 Å². The average Bonchev–Trinajstić information content (AvgIpc) is 3.75. The van der Waals surface area contributed by atoms with Crippen LogP contribution in [0.1, 0.15) is 86.4 Å². The van der Waals surface area contributed by atoms with Crippen molar-refractivity contribution < 1.29 is 18.5 Å². The molecule has 1 amide bonds. The highest BCUT2D eigenvalue weighted by Crippen LogP contribution is 2.45. The van der Waals surface area contributed by atoms with Gasteiger partial charge < -0.3 is 9.84 Å². The molecule has 0 atom stereocenters. The maximum absolute atomic E-state index is 15.8. The van der Waals surface area contributed by atoms with E-state index in [1.807, 2.05) is 26.8 Å². The quantitative estimate of drug-likeness (QED) is 0.425. The number of hydrogen-bond donors (Lipinski definition) is 1. The van der Waals surface area contributed by atoms with E-state index in [0.29, 0.717) is 34.8 Å². The number of ketones is 1. The van der Waals surface area contributed by atoms with Crippen molar-refractivity contribution >= 4 is 17.5 Å². The number of amides is 1. The van der Waals surface area contributed by atoms with E-state index in [1.54, 1.807) is 24.4 Å². The van der Waals surface area contributed by atoms with Crippen LogP contribution in [0.3, 0.4) is 0 Å². The molecule has 7 nitrogen and oxygen atoms in total. The summed E-state index contributed by atoms with van der Waals surface area (Å²) in [6.07, 6.45) is 5.80.